The predicted octanol–water partition coefficient (Wildman–Crippen LogP) is 11.7. The van der Waals surface area contributed by atoms with Crippen molar-refractivity contribution in [2.45, 2.75) is 219 Å². The number of nitrogens with one attached hydrogen (secondary N) is 1. The highest BCUT2D eigenvalue weighted by molar-refractivity contribution is 5.76. The molecule has 2 atom stereocenters. The van der Waals surface area contributed by atoms with Gasteiger partial charge in [-0.15, -0.1) is 0 Å². The molecular formula is C40H77NO3. The first-order valence-electron chi connectivity index (χ1n) is 19.6. The monoisotopic (exact) mass is 620 g/mol. The molecule has 2 unspecified atom stereocenters. The van der Waals surface area contributed by atoms with Crippen LogP contribution >= 0.6 is 0 Å². The highest BCUT2D eigenvalue weighted by Gasteiger charge is 2.17. The van der Waals surface area contributed by atoms with Crippen LogP contribution in [0, 0.1) is 0 Å². The van der Waals surface area contributed by atoms with Crippen molar-refractivity contribution in [1.29, 1.82) is 0 Å². The SMILES string of the molecule is CCCCCCCCC=CCCCCCCCCCCCC(=O)NC(CO)C(O)C=CCCCCCCCCCCCCC. The van der Waals surface area contributed by atoms with E-state index in [1.165, 1.54) is 161 Å². The first-order valence-corrected chi connectivity index (χ1v) is 19.6. The van der Waals surface area contributed by atoms with Crippen molar-refractivity contribution in [3.63, 3.8) is 0 Å². The molecule has 0 saturated carbocycles. The highest BCUT2D eigenvalue weighted by atomic mass is 16.3. The number of hydrogen-bond acceptors (Lipinski definition) is 3. The fourth-order valence-corrected chi connectivity index (χ4v) is 5.88. The zero-order valence-corrected chi connectivity index (χ0v) is 29.7. The van der Waals surface area contributed by atoms with Gasteiger partial charge in [0.15, 0.2) is 0 Å². The minimum absolute atomic E-state index is 0.0668. The number of carbonyl (C=O) groups is 1. The van der Waals surface area contributed by atoms with Crippen LogP contribution in [-0.2, 0) is 4.79 Å². The van der Waals surface area contributed by atoms with E-state index in [0.717, 1.165) is 25.7 Å². The molecule has 260 valence electrons. The second kappa shape index (κ2) is 36.3. The van der Waals surface area contributed by atoms with Crippen molar-refractivity contribution in [1.82, 2.24) is 5.32 Å². The van der Waals surface area contributed by atoms with E-state index in [1.54, 1.807) is 6.08 Å². The maximum absolute atomic E-state index is 12.3. The summed E-state index contributed by atoms with van der Waals surface area (Å²) in [7, 11) is 0. The summed E-state index contributed by atoms with van der Waals surface area (Å²) < 4.78 is 0. The van der Waals surface area contributed by atoms with Gasteiger partial charge in [0.2, 0.25) is 5.91 Å². The molecule has 0 bridgehead atoms. The molecule has 0 spiro atoms. The number of hydrogen-bond donors (Lipinski definition) is 3. The molecule has 3 N–H and O–H groups in total. The first kappa shape index (κ1) is 42.9. The van der Waals surface area contributed by atoms with E-state index in [9.17, 15) is 15.0 Å². The van der Waals surface area contributed by atoms with Crippen LogP contribution in [0.15, 0.2) is 24.3 Å². The Morgan fingerprint density at radius 2 is 0.864 bits per heavy atom. The van der Waals surface area contributed by atoms with E-state index in [1.807, 2.05) is 6.08 Å². The fraction of sp³-hybridized carbons (Fsp3) is 0.875. The standard InChI is InChI=1S/C40H77NO3/c1-3-5-7-9-11-13-15-17-18-19-20-21-22-24-26-28-30-32-34-36-40(44)41-38(37-42)39(43)35-33-31-29-27-25-23-16-14-12-10-8-6-4-2/h17-18,33,35,38-39,42-43H,3-16,19-32,34,36-37H2,1-2H3,(H,41,44). The lowest BCUT2D eigenvalue weighted by atomic mass is 10.0. The van der Waals surface area contributed by atoms with Crippen LogP contribution in [0.5, 0.6) is 0 Å². The van der Waals surface area contributed by atoms with Crippen molar-refractivity contribution in [3.8, 4) is 0 Å². The summed E-state index contributed by atoms with van der Waals surface area (Å²) in [4.78, 5) is 12.3. The molecule has 1 amide bonds. The van der Waals surface area contributed by atoms with Gasteiger partial charge in [-0.2, -0.15) is 0 Å². The van der Waals surface area contributed by atoms with Crippen molar-refractivity contribution in [2.24, 2.45) is 0 Å². The summed E-state index contributed by atoms with van der Waals surface area (Å²) >= 11 is 0. The van der Waals surface area contributed by atoms with Crippen LogP contribution in [0.1, 0.15) is 206 Å². The van der Waals surface area contributed by atoms with Gasteiger partial charge in [0.05, 0.1) is 18.8 Å². The summed E-state index contributed by atoms with van der Waals surface area (Å²) in [6.45, 7) is 4.30. The Morgan fingerprint density at radius 3 is 1.25 bits per heavy atom. The number of carbonyl (C=O) groups excluding carboxylic acids is 1. The molecule has 0 radical (unpaired) electrons. The maximum atomic E-state index is 12.3. The number of allylic oxidation sites excluding steroid dienone is 3. The molecule has 0 aliphatic rings. The van der Waals surface area contributed by atoms with Gasteiger partial charge < -0.3 is 15.5 Å². The Kier molecular flexibility index (Phi) is 35.4. The number of aliphatic hydroxyl groups excluding tert-OH is 2. The van der Waals surface area contributed by atoms with E-state index in [-0.39, 0.29) is 12.5 Å². The van der Waals surface area contributed by atoms with Crippen molar-refractivity contribution in [2.75, 3.05) is 6.61 Å². The molecule has 0 aliphatic heterocycles. The lowest BCUT2D eigenvalue weighted by Crippen LogP contribution is -2.45. The van der Waals surface area contributed by atoms with Crippen LogP contribution in [0.25, 0.3) is 0 Å². The zero-order chi connectivity index (χ0) is 32.2. The number of aliphatic hydroxyl groups is 2. The Labute approximate surface area is 275 Å². The maximum Gasteiger partial charge on any atom is 0.220 e. The van der Waals surface area contributed by atoms with E-state index < -0.39 is 12.1 Å². The molecule has 0 saturated heterocycles. The van der Waals surface area contributed by atoms with Crippen LogP contribution in [0.2, 0.25) is 0 Å². The third kappa shape index (κ3) is 32.3. The minimum Gasteiger partial charge on any atom is -0.394 e. The van der Waals surface area contributed by atoms with Gasteiger partial charge in [-0.05, 0) is 44.9 Å². The molecule has 0 heterocycles. The van der Waals surface area contributed by atoms with Crippen LogP contribution in [-0.4, -0.2) is 34.9 Å². The molecule has 0 aromatic carbocycles. The highest BCUT2D eigenvalue weighted by Crippen LogP contribution is 2.14. The molecular weight excluding hydrogens is 542 g/mol. The number of amides is 1. The van der Waals surface area contributed by atoms with Gasteiger partial charge in [0, 0.05) is 6.42 Å². The smallest absolute Gasteiger partial charge is 0.220 e. The van der Waals surface area contributed by atoms with Crippen LogP contribution in [0.4, 0.5) is 0 Å². The van der Waals surface area contributed by atoms with E-state index in [2.05, 4.69) is 31.3 Å². The van der Waals surface area contributed by atoms with Crippen molar-refractivity contribution in [3.05, 3.63) is 24.3 Å². The number of rotatable bonds is 35. The lowest BCUT2D eigenvalue weighted by Gasteiger charge is -2.20. The number of unbranched alkanes of at least 4 members (excludes halogenated alkanes) is 26. The van der Waals surface area contributed by atoms with E-state index in [0.29, 0.717) is 6.42 Å². The summed E-state index contributed by atoms with van der Waals surface area (Å²) in [6.07, 6.45) is 45.5. The molecule has 4 nitrogen and oxygen atoms in total. The zero-order valence-electron chi connectivity index (χ0n) is 29.7. The van der Waals surface area contributed by atoms with Crippen molar-refractivity contribution < 1.29 is 15.0 Å². The van der Waals surface area contributed by atoms with Gasteiger partial charge >= 0.3 is 0 Å². The normalized spacial score (nSPS) is 13.3. The molecule has 0 fully saturated rings. The van der Waals surface area contributed by atoms with Gasteiger partial charge in [-0.1, -0.05) is 179 Å². The quantitative estimate of drug-likeness (QED) is 0.0488. The van der Waals surface area contributed by atoms with E-state index >= 15 is 0 Å². The first-order chi connectivity index (χ1) is 21.7. The van der Waals surface area contributed by atoms with Crippen LogP contribution < -0.4 is 5.32 Å². The van der Waals surface area contributed by atoms with Crippen LogP contribution in [0.3, 0.4) is 0 Å². The molecule has 0 aromatic heterocycles. The summed E-state index contributed by atoms with van der Waals surface area (Å²) in [5.74, 6) is -0.0668. The average molecular weight is 620 g/mol. The Bertz CT molecular complexity index is 632. The van der Waals surface area contributed by atoms with Gasteiger partial charge in [0.25, 0.3) is 0 Å². The summed E-state index contributed by atoms with van der Waals surface area (Å²) in [6, 6.07) is -0.619. The molecule has 0 rings (SSSR count). The average Bonchev–Trinajstić information content (AvgIpc) is 3.03. The fourth-order valence-electron chi connectivity index (χ4n) is 5.88. The third-order valence-electron chi connectivity index (χ3n) is 8.93. The van der Waals surface area contributed by atoms with Crippen molar-refractivity contribution >= 4 is 5.91 Å². The molecule has 0 aromatic rings. The second-order valence-corrected chi connectivity index (χ2v) is 13.3. The Morgan fingerprint density at radius 1 is 0.523 bits per heavy atom. The second-order valence-electron chi connectivity index (χ2n) is 13.3. The largest absolute Gasteiger partial charge is 0.394 e. The third-order valence-corrected chi connectivity index (χ3v) is 8.93. The summed E-state index contributed by atoms with van der Waals surface area (Å²) in [5, 5.41) is 22.9. The Balaban J connectivity index is 3.58. The Hall–Kier alpha value is -1.13. The van der Waals surface area contributed by atoms with Gasteiger partial charge in [0.1, 0.15) is 0 Å². The summed E-state index contributed by atoms with van der Waals surface area (Å²) in [5.41, 5.74) is 0. The lowest BCUT2D eigenvalue weighted by molar-refractivity contribution is -0.123. The molecule has 0 aliphatic carbocycles. The van der Waals surface area contributed by atoms with Gasteiger partial charge in [-0.3, -0.25) is 4.79 Å². The van der Waals surface area contributed by atoms with E-state index in [4.69, 9.17) is 0 Å². The molecule has 44 heavy (non-hydrogen) atoms. The molecule has 4 heteroatoms. The predicted molar refractivity (Wildman–Crippen MR) is 193 cm³/mol. The minimum atomic E-state index is -0.835. The topological polar surface area (TPSA) is 69.6 Å². The van der Waals surface area contributed by atoms with Gasteiger partial charge in [-0.25, -0.2) is 0 Å².